The normalized spacial score (nSPS) is 13.5. The number of rotatable bonds is 7. The molecule has 1 atom stereocenters. The molecule has 0 saturated carbocycles. The van der Waals surface area contributed by atoms with E-state index < -0.39 is 5.97 Å². The Labute approximate surface area is 118 Å². The van der Waals surface area contributed by atoms with Crippen LogP contribution in [0.4, 0.5) is 0 Å². The molecule has 0 aliphatic carbocycles. The first-order valence-corrected chi connectivity index (χ1v) is 7.26. The van der Waals surface area contributed by atoms with Gasteiger partial charge in [-0.15, -0.1) is 11.3 Å². The maximum atomic E-state index is 10.6. The zero-order chi connectivity index (χ0) is 14.5. The summed E-state index contributed by atoms with van der Waals surface area (Å²) in [5.41, 5.74) is 0.124. The highest BCUT2D eigenvalue weighted by molar-refractivity contribution is 7.12. The van der Waals surface area contributed by atoms with E-state index in [4.69, 9.17) is 5.11 Å². The number of carboxylic acid groups (broad SMARTS) is 1. The summed E-state index contributed by atoms with van der Waals surface area (Å²) >= 11 is 1.50. The van der Waals surface area contributed by atoms with Crippen LogP contribution >= 0.6 is 11.3 Å². The Morgan fingerprint density at radius 2 is 2.00 bits per heavy atom. The Hall–Kier alpha value is -0.910. The number of hydrogen-bond donors (Lipinski definition) is 3. The lowest BCUT2D eigenvalue weighted by molar-refractivity contribution is -0.136. The van der Waals surface area contributed by atoms with E-state index in [1.165, 1.54) is 11.3 Å². The summed E-state index contributed by atoms with van der Waals surface area (Å²) in [5.74, 6) is -0.804. The Morgan fingerprint density at radius 1 is 1.37 bits per heavy atom. The molecular weight excluding hydrogens is 262 g/mol. The summed E-state index contributed by atoms with van der Waals surface area (Å²) in [5, 5.41) is 21.7. The van der Waals surface area contributed by atoms with Gasteiger partial charge in [-0.1, -0.05) is 20.8 Å². The van der Waals surface area contributed by atoms with Crippen molar-refractivity contribution in [2.75, 3.05) is 6.54 Å². The molecule has 0 fully saturated rings. The zero-order valence-electron chi connectivity index (χ0n) is 11.8. The summed E-state index contributed by atoms with van der Waals surface area (Å²) < 4.78 is 0. The number of thiophene rings is 1. The van der Waals surface area contributed by atoms with Crippen LogP contribution in [0.2, 0.25) is 0 Å². The van der Waals surface area contributed by atoms with Crippen molar-refractivity contribution in [1.29, 1.82) is 0 Å². The van der Waals surface area contributed by atoms with Gasteiger partial charge in [-0.25, -0.2) is 0 Å². The van der Waals surface area contributed by atoms with Crippen molar-refractivity contribution in [2.45, 2.75) is 46.3 Å². The molecule has 4 nitrogen and oxygen atoms in total. The molecule has 0 aliphatic rings. The van der Waals surface area contributed by atoms with Gasteiger partial charge in [0.2, 0.25) is 0 Å². The third kappa shape index (κ3) is 7.30. The molecule has 1 rings (SSSR count). The Kier molecular flexibility index (Phi) is 5.97. The fraction of sp³-hybridized carbons (Fsp3) is 0.643. The Bertz CT molecular complexity index is 409. The van der Waals surface area contributed by atoms with Crippen LogP contribution in [0.5, 0.6) is 0 Å². The predicted molar refractivity (Wildman–Crippen MR) is 77.4 cm³/mol. The van der Waals surface area contributed by atoms with Gasteiger partial charge in [-0.2, -0.15) is 0 Å². The predicted octanol–water partition coefficient (Wildman–Crippen LogP) is 2.26. The molecular formula is C14H23NO3S. The van der Waals surface area contributed by atoms with Gasteiger partial charge in [-0.3, -0.25) is 4.79 Å². The quantitative estimate of drug-likeness (QED) is 0.719. The molecule has 0 saturated heterocycles. The fourth-order valence-electron chi connectivity index (χ4n) is 1.90. The second-order valence-corrected chi connectivity index (χ2v) is 7.24. The van der Waals surface area contributed by atoms with E-state index in [0.717, 1.165) is 16.2 Å². The lowest BCUT2D eigenvalue weighted by Crippen LogP contribution is -2.29. The van der Waals surface area contributed by atoms with E-state index in [2.05, 4.69) is 26.1 Å². The van der Waals surface area contributed by atoms with Crippen LogP contribution < -0.4 is 5.32 Å². The molecule has 3 N–H and O–H groups in total. The number of nitrogens with one attached hydrogen (secondary N) is 1. The molecule has 1 unspecified atom stereocenters. The smallest absolute Gasteiger partial charge is 0.308 e. The summed E-state index contributed by atoms with van der Waals surface area (Å²) in [6.07, 6.45) is 0.491. The van der Waals surface area contributed by atoms with Crippen LogP contribution in [0, 0.1) is 5.41 Å². The van der Waals surface area contributed by atoms with Gasteiger partial charge in [0, 0.05) is 22.8 Å². The minimum Gasteiger partial charge on any atom is -0.481 e. The van der Waals surface area contributed by atoms with E-state index >= 15 is 0 Å². The third-order valence-electron chi connectivity index (χ3n) is 2.57. The standard InChI is InChI=1S/C14H23NO3S/c1-14(2,3)7-10(16)8-15-9-12-5-4-11(19-12)6-13(17)18/h4-5,10,15-16H,6-9H2,1-3H3,(H,17,18). The van der Waals surface area contributed by atoms with Crippen molar-refractivity contribution >= 4 is 17.3 Å². The molecule has 0 spiro atoms. The fourth-order valence-corrected chi connectivity index (χ4v) is 2.88. The largest absolute Gasteiger partial charge is 0.481 e. The number of aliphatic carboxylic acids is 1. The van der Waals surface area contributed by atoms with Gasteiger partial charge in [0.1, 0.15) is 0 Å². The molecule has 0 radical (unpaired) electrons. The summed E-state index contributed by atoms with van der Waals surface area (Å²) in [4.78, 5) is 12.5. The first-order chi connectivity index (χ1) is 8.76. The van der Waals surface area contributed by atoms with Crippen molar-refractivity contribution in [3.63, 3.8) is 0 Å². The van der Waals surface area contributed by atoms with E-state index in [-0.39, 0.29) is 17.9 Å². The van der Waals surface area contributed by atoms with Gasteiger partial charge in [-0.05, 0) is 24.0 Å². The second-order valence-electron chi connectivity index (χ2n) is 5.99. The maximum Gasteiger partial charge on any atom is 0.308 e. The SMILES string of the molecule is CC(C)(C)CC(O)CNCc1ccc(CC(=O)O)s1. The second kappa shape index (κ2) is 7.03. The van der Waals surface area contributed by atoms with E-state index in [1.807, 2.05) is 12.1 Å². The molecule has 0 amide bonds. The number of aliphatic hydroxyl groups excluding tert-OH is 1. The number of carboxylic acids is 1. The van der Waals surface area contributed by atoms with Crippen molar-refractivity contribution in [1.82, 2.24) is 5.32 Å². The molecule has 0 aliphatic heterocycles. The van der Waals surface area contributed by atoms with Crippen LogP contribution in [-0.4, -0.2) is 28.8 Å². The Morgan fingerprint density at radius 3 is 2.58 bits per heavy atom. The van der Waals surface area contributed by atoms with Gasteiger partial charge in [0.05, 0.1) is 12.5 Å². The summed E-state index contributed by atoms with van der Waals surface area (Å²) in [6, 6.07) is 3.79. The molecule has 1 aromatic rings. The highest BCUT2D eigenvalue weighted by atomic mass is 32.1. The average Bonchev–Trinajstić information content (AvgIpc) is 2.61. The monoisotopic (exact) mass is 285 g/mol. The van der Waals surface area contributed by atoms with Crippen molar-refractivity contribution in [3.05, 3.63) is 21.9 Å². The number of aliphatic hydroxyl groups is 1. The highest BCUT2D eigenvalue weighted by Gasteiger charge is 2.16. The first kappa shape index (κ1) is 16.1. The van der Waals surface area contributed by atoms with E-state index in [9.17, 15) is 9.90 Å². The maximum absolute atomic E-state index is 10.6. The van der Waals surface area contributed by atoms with Gasteiger partial charge >= 0.3 is 5.97 Å². The lowest BCUT2D eigenvalue weighted by atomic mass is 9.89. The lowest BCUT2D eigenvalue weighted by Gasteiger charge is -2.22. The van der Waals surface area contributed by atoms with Gasteiger partial charge in [0.15, 0.2) is 0 Å². The molecule has 1 heterocycles. The number of carbonyl (C=O) groups is 1. The van der Waals surface area contributed by atoms with Crippen LogP contribution in [0.1, 0.15) is 36.9 Å². The van der Waals surface area contributed by atoms with Crippen LogP contribution in [0.15, 0.2) is 12.1 Å². The number of hydrogen-bond acceptors (Lipinski definition) is 4. The average molecular weight is 285 g/mol. The van der Waals surface area contributed by atoms with Crippen molar-refractivity contribution in [2.24, 2.45) is 5.41 Å². The first-order valence-electron chi connectivity index (χ1n) is 6.44. The topological polar surface area (TPSA) is 69.6 Å². The summed E-state index contributed by atoms with van der Waals surface area (Å²) in [6.45, 7) is 7.55. The molecule has 0 bridgehead atoms. The van der Waals surface area contributed by atoms with E-state index in [0.29, 0.717) is 13.1 Å². The summed E-state index contributed by atoms with van der Waals surface area (Å²) in [7, 11) is 0. The minimum atomic E-state index is -0.804. The van der Waals surface area contributed by atoms with Crippen LogP contribution in [0.25, 0.3) is 0 Å². The van der Waals surface area contributed by atoms with Crippen LogP contribution in [0.3, 0.4) is 0 Å². The van der Waals surface area contributed by atoms with Gasteiger partial charge < -0.3 is 15.5 Å². The highest BCUT2D eigenvalue weighted by Crippen LogP contribution is 2.20. The molecule has 108 valence electrons. The molecule has 0 aromatic carbocycles. The molecule has 1 aromatic heterocycles. The van der Waals surface area contributed by atoms with Crippen molar-refractivity contribution in [3.8, 4) is 0 Å². The Balaban J connectivity index is 2.29. The van der Waals surface area contributed by atoms with Crippen LogP contribution in [-0.2, 0) is 17.8 Å². The molecule has 19 heavy (non-hydrogen) atoms. The third-order valence-corrected chi connectivity index (χ3v) is 3.66. The zero-order valence-corrected chi connectivity index (χ0v) is 12.6. The minimum absolute atomic E-state index is 0.0807. The van der Waals surface area contributed by atoms with Crippen molar-refractivity contribution < 1.29 is 15.0 Å². The van der Waals surface area contributed by atoms with E-state index in [1.54, 1.807) is 0 Å². The van der Waals surface area contributed by atoms with Gasteiger partial charge in [0.25, 0.3) is 0 Å². The molecule has 5 heteroatoms.